The van der Waals surface area contributed by atoms with Gasteiger partial charge in [-0.15, -0.1) is 0 Å². The Bertz CT molecular complexity index is 1650. The van der Waals surface area contributed by atoms with Crippen molar-refractivity contribution in [3.8, 4) is 0 Å². The molecule has 5 aromatic carbocycles. The van der Waals surface area contributed by atoms with Crippen LogP contribution in [0.3, 0.4) is 0 Å². The van der Waals surface area contributed by atoms with Crippen LogP contribution in [0, 0.1) is 13.8 Å². The predicted molar refractivity (Wildman–Crippen MR) is 165 cm³/mol. The normalized spacial score (nSPS) is 11.8. The van der Waals surface area contributed by atoms with E-state index < -0.39 is 0 Å². The number of nitrogens with zero attached hydrogens (tertiary/aromatic N) is 1. The monoisotopic (exact) mass is 489 g/mol. The lowest BCUT2D eigenvalue weighted by Gasteiger charge is -2.09. The summed E-state index contributed by atoms with van der Waals surface area (Å²) in [7, 11) is 0. The molecule has 0 spiro atoms. The summed E-state index contributed by atoms with van der Waals surface area (Å²) in [6, 6.07) is 41.7. The highest BCUT2D eigenvalue weighted by molar-refractivity contribution is 6.09. The third kappa shape index (κ3) is 5.10. The Kier molecular flexibility index (Phi) is 6.50. The van der Waals surface area contributed by atoms with Crippen molar-refractivity contribution in [2.24, 2.45) is 0 Å². The zero-order valence-corrected chi connectivity index (χ0v) is 21.9. The lowest BCUT2D eigenvalue weighted by Crippen LogP contribution is -1.99. The van der Waals surface area contributed by atoms with Gasteiger partial charge in [-0.2, -0.15) is 0 Å². The molecule has 0 unspecified atom stereocenters. The Labute approximate surface area is 225 Å². The van der Waals surface area contributed by atoms with Gasteiger partial charge in [-0.1, -0.05) is 139 Å². The quantitative estimate of drug-likeness (QED) is 0.205. The number of benzene rings is 5. The second-order valence-corrected chi connectivity index (χ2v) is 10.1. The van der Waals surface area contributed by atoms with Crippen molar-refractivity contribution in [2.75, 3.05) is 0 Å². The minimum Gasteiger partial charge on any atom is -0.336 e. The Morgan fingerprint density at radius 1 is 0.474 bits per heavy atom. The molecule has 0 aliphatic heterocycles. The minimum atomic E-state index is 0.830. The van der Waals surface area contributed by atoms with Crippen LogP contribution in [0.5, 0.6) is 0 Å². The molecule has 0 atom stereocenters. The van der Waals surface area contributed by atoms with E-state index in [2.05, 4.69) is 158 Å². The Morgan fingerprint density at radius 3 is 1.37 bits per heavy atom. The van der Waals surface area contributed by atoms with Gasteiger partial charge in [0.15, 0.2) is 0 Å². The fourth-order valence-electron chi connectivity index (χ4n) is 5.01. The molecule has 184 valence electrons. The van der Waals surface area contributed by atoms with E-state index in [0.29, 0.717) is 0 Å². The van der Waals surface area contributed by atoms with E-state index in [1.54, 1.807) is 0 Å². The van der Waals surface area contributed by atoms with Crippen LogP contribution in [0.1, 0.15) is 38.9 Å². The zero-order chi connectivity index (χ0) is 25.9. The van der Waals surface area contributed by atoms with Crippen LogP contribution in [0.15, 0.2) is 115 Å². The average molecular weight is 490 g/mol. The summed E-state index contributed by atoms with van der Waals surface area (Å²) in [5.41, 5.74) is 11.2. The van der Waals surface area contributed by atoms with Crippen LogP contribution in [0.2, 0.25) is 0 Å². The van der Waals surface area contributed by atoms with E-state index in [4.69, 9.17) is 0 Å². The van der Waals surface area contributed by atoms with Gasteiger partial charge in [0.25, 0.3) is 0 Å². The van der Waals surface area contributed by atoms with Crippen molar-refractivity contribution in [1.82, 2.24) is 4.57 Å². The van der Waals surface area contributed by atoms with E-state index in [-0.39, 0.29) is 0 Å². The van der Waals surface area contributed by atoms with Crippen LogP contribution >= 0.6 is 0 Å². The molecule has 1 aromatic heterocycles. The van der Waals surface area contributed by atoms with Crippen molar-refractivity contribution in [2.45, 2.75) is 20.4 Å². The summed E-state index contributed by atoms with van der Waals surface area (Å²) in [5.74, 6) is 0. The molecule has 0 aliphatic carbocycles. The first-order valence-electron chi connectivity index (χ1n) is 13.2. The van der Waals surface area contributed by atoms with Gasteiger partial charge in [-0.05, 0) is 53.8 Å². The first kappa shape index (κ1) is 23.8. The zero-order valence-electron chi connectivity index (χ0n) is 21.9. The first-order chi connectivity index (χ1) is 18.6. The number of hydrogen-bond acceptors (Lipinski definition) is 0. The van der Waals surface area contributed by atoms with E-state index in [1.807, 2.05) is 0 Å². The van der Waals surface area contributed by atoms with Gasteiger partial charge in [-0.3, -0.25) is 0 Å². The number of aromatic nitrogens is 1. The largest absolute Gasteiger partial charge is 0.336 e. The summed E-state index contributed by atoms with van der Waals surface area (Å²) in [4.78, 5) is 0. The van der Waals surface area contributed by atoms with E-state index >= 15 is 0 Å². The Morgan fingerprint density at radius 2 is 0.895 bits per heavy atom. The number of aryl methyl sites for hydroxylation is 2. The van der Waals surface area contributed by atoms with Crippen LogP contribution in [-0.2, 0) is 6.54 Å². The molecular weight excluding hydrogens is 458 g/mol. The van der Waals surface area contributed by atoms with Gasteiger partial charge >= 0.3 is 0 Å². The molecule has 0 bridgehead atoms. The maximum Gasteiger partial charge on any atom is 0.0500 e. The van der Waals surface area contributed by atoms with Crippen molar-refractivity contribution >= 4 is 46.1 Å². The van der Waals surface area contributed by atoms with Crippen LogP contribution < -0.4 is 0 Å². The van der Waals surface area contributed by atoms with Gasteiger partial charge in [0.05, 0.1) is 11.0 Å². The Hall–Kier alpha value is -4.62. The van der Waals surface area contributed by atoms with Gasteiger partial charge in [-0.25, -0.2) is 0 Å². The van der Waals surface area contributed by atoms with Gasteiger partial charge in [0.1, 0.15) is 0 Å². The second kappa shape index (κ2) is 10.4. The molecule has 0 saturated carbocycles. The highest BCUT2D eigenvalue weighted by atomic mass is 15.0. The second-order valence-electron chi connectivity index (χ2n) is 10.1. The molecule has 0 radical (unpaired) electrons. The SMILES string of the molecule is Cc1ccc(C=Cc2ccc3c4ccc(C=Cc5ccc(C)cc5)cc4n(Cc4ccccc4)c3c2)cc1. The number of fused-ring (bicyclic) bond motifs is 3. The van der Waals surface area contributed by atoms with Crippen molar-refractivity contribution < 1.29 is 0 Å². The molecule has 1 nitrogen and oxygen atoms in total. The van der Waals surface area contributed by atoms with E-state index in [0.717, 1.165) is 6.54 Å². The van der Waals surface area contributed by atoms with Gasteiger partial charge < -0.3 is 4.57 Å². The molecule has 0 N–H and O–H groups in total. The molecular formula is C37H31N. The molecule has 6 rings (SSSR count). The highest BCUT2D eigenvalue weighted by Crippen LogP contribution is 2.32. The summed E-state index contributed by atoms with van der Waals surface area (Å²) < 4.78 is 2.46. The number of rotatable bonds is 6. The molecule has 0 saturated heterocycles. The maximum absolute atomic E-state index is 2.46. The fraction of sp³-hybridized carbons (Fsp3) is 0.0811. The highest BCUT2D eigenvalue weighted by Gasteiger charge is 2.12. The molecule has 0 amide bonds. The first-order valence-corrected chi connectivity index (χ1v) is 13.2. The third-order valence-corrected chi connectivity index (χ3v) is 7.19. The summed E-state index contributed by atoms with van der Waals surface area (Å²) in [6.07, 6.45) is 8.81. The van der Waals surface area contributed by atoms with Crippen molar-refractivity contribution in [1.29, 1.82) is 0 Å². The third-order valence-electron chi connectivity index (χ3n) is 7.19. The summed E-state index contributed by atoms with van der Waals surface area (Å²) >= 11 is 0. The summed E-state index contributed by atoms with van der Waals surface area (Å²) in [6.45, 7) is 5.07. The maximum atomic E-state index is 2.46. The van der Waals surface area contributed by atoms with Crippen LogP contribution in [0.4, 0.5) is 0 Å². The topological polar surface area (TPSA) is 4.93 Å². The minimum absolute atomic E-state index is 0.830. The molecule has 38 heavy (non-hydrogen) atoms. The van der Waals surface area contributed by atoms with Crippen molar-refractivity contribution in [3.63, 3.8) is 0 Å². The lowest BCUT2D eigenvalue weighted by molar-refractivity contribution is 0.869. The summed E-state index contributed by atoms with van der Waals surface area (Å²) in [5, 5.41) is 2.58. The fourth-order valence-corrected chi connectivity index (χ4v) is 5.01. The smallest absolute Gasteiger partial charge is 0.0500 e. The predicted octanol–water partition coefficient (Wildman–Crippen LogP) is 9.80. The standard InChI is InChI=1S/C37H31N/c1-27-8-12-29(13-9-27)16-18-31-20-22-34-35-23-21-32(19-17-30-14-10-28(2)11-15-30)25-37(35)38(36(34)24-31)26-33-6-4-3-5-7-33/h3-25H,26H2,1-2H3. The average Bonchev–Trinajstić information content (AvgIpc) is 3.25. The molecule has 1 heterocycles. The van der Waals surface area contributed by atoms with Gasteiger partial charge in [0.2, 0.25) is 0 Å². The molecule has 1 heteroatoms. The number of hydrogen-bond donors (Lipinski definition) is 0. The molecule has 0 fully saturated rings. The van der Waals surface area contributed by atoms with Crippen molar-refractivity contribution in [3.05, 3.63) is 154 Å². The van der Waals surface area contributed by atoms with Crippen LogP contribution in [0.25, 0.3) is 46.1 Å². The Balaban J connectivity index is 1.43. The van der Waals surface area contributed by atoms with Gasteiger partial charge in [0, 0.05) is 17.3 Å². The van der Waals surface area contributed by atoms with E-state index in [1.165, 1.54) is 60.8 Å². The lowest BCUT2D eigenvalue weighted by atomic mass is 10.1. The molecule has 6 aromatic rings. The molecule has 0 aliphatic rings. The van der Waals surface area contributed by atoms with E-state index in [9.17, 15) is 0 Å². The van der Waals surface area contributed by atoms with Crippen LogP contribution in [-0.4, -0.2) is 4.57 Å².